The second-order valence-electron chi connectivity index (χ2n) is 9.17. The first-order valence-corrected chi connectivity index (χ1v) is 12.1. The van der Waals surface area contributed by atoms with Crippen LogP contribution in [0.5, 0.6) is 0 Å². The Labute approximate surface area is 200 Å². The summed E-state index contributed by atoms with van der Waals surface area (Å²) in [6.45, 7) is 8.19. The normalized spacial score (nSPS) is 15.4. The second-order valence-corrected chi connectivity index (χ2v) is 9.17. The summed E-state index contributed by atoms with van der Waals surface area (Å²) >= 11 is 0. The maximum absolute atomic E-state index is 11.5. The van der Waals surface area contributed by atoms with Crippen LogP contribution in [-0.4, -0.2) is 41.0 Å². The summed E-state index contributed by atoms with van der Waals surface area (Å²) in [5, 5.41) is 11.5. The highest BCUT2D eigenvalue weighted by Gasteiger charge is 2.16. The summed E-state index contributed by atoms with van der Waals surface area (Å²) in [7, 11) is 0. The molecule has 3 aromatic rings. The van der Waals surface area contributed by atoms with Crippen LogP contribution in [0.3, 0.4) is 0 Å². The van der Waals surface area contributed by atoms with E-state index in [9.17, 15) is 10.1 Å². The first-order chi connectivity index (χ1) is 16.5. The molecule has 34 heavy (non-hydrogen) atoms. The number of likely N-dealkylation sites (tertiary alicyclic amines) is 1. The molecule has 4 rings (SSSR count). The van der Waals surface area contributed by atoms with Crippen LogP contribution in [-0.2, 0) is 17.8 Å². The van der Waals surface area contributed by atoms with E-state index in [1.165, 1.54) is 19.3 Å². The van der Waals surface area contributed by atoms with Gasteiger partial charge in [0, 0.05) is 29.8 Å². The first kappa shape index (κ1) is 24.1. The van der Waals surface area contributed by atoms with Crippen LogP contribution < -0.4 is 0 Å². The number of furan rings is 1. The van der Waals surface area contributed by atoms with Crippen LogP contribution in [0.25, 0.3) is 11.1 Å². The average molecular weight is 464 g/mol. The van der Waals surface area contributed by atoms with Gasteiger partial charge in [-0.3, -0.25) is 15.1 Å². The van der Waals surface area contributed by atoms with Gasteiger partial charge in [-0.2, -0.15) is 0 Å². The molecule has 180 valence electrons. The van der Waals surface area contributed by atoms with Crippen molar-refractivity contribution in [3.8, 4) is 11.1 Å². The molecule has 1 fully saturated rings. The molecule has 1 aliphatic rings. The first-order valence-electron chi connectivity index (χ1n) is 12.1. The minimum Gasteiger partial charge on any atom is -0.469 e. The Kier molecular flexibility index (Phi) is 8.08. The lowest BCUT2D eigenvalue weighted by Gasteiger charge is -2.26. The van der Waals surface area contributed by atoms with Gasteiger partial charge in [-0.1, -0.05) is 25.5 Å². The fourth-order valence-corrected chi connectivity index (χ4v) is 4.52. The molecule has 2 aromatic heterocycles. The van der Waals surface area contributed by atoms with E-state index in [4.69, 9.17) is 14.1 Å². The number of nitro groups is 1. The highest BCUT2D eigenvalue weighted by molar-refractivity contribution is 5.68. The van der Waals surface area contributed by atoms with Gasteiger partial charge in [-0.25, -0.2) is 0 Å². The molecule has 0 saturated carbocycles. The fourth-order valence-electron chi connectivity index (χ4n) is 4.52. The van der Waals surface area contributed by atoms with Crippen molar-refractivity contribution < 1.29 is 14.1 Å². The molecule has 1 saturated heterocycles. The van der Waals surface area contributed by atoms with Crippen molar-refractivity contribution in [2.75, 3.05) is 26.2 Å². The molecular formula is C27H33N3O4. The van der Waals surface area contributed by atoms with Gasteiger partial charge in [0.25, 0.3) is 5.69 Å². The van der Waals surface area contributed by atoms with Gasteiger partial charge in [0.1, 0.15) is 5.76 Å². The van der Waals surface area contributed by atoms with E-state index in [0.29, 0.717) is 25.2 Å². The number of nitrogens with zero attached hydrogens (tertiary/aromatic N) is 3. The number of benzene rings is 1. The lowest BCUT2D eigenvalue weighted by atomic mass is 9.98. The van der Waals surface area contributed by atoms with Gasteiger partial charge < -0.3 is 14.1 Å². The molecular weight excluding hydrogens is 430 g/mol. The molecule has 0 bridgehead atoms. The molecule has 1 aliphatic heterocycles. The van der Waals surface area contributed by atoms with E-state index in [2.05, 4.69) is 11.8 Å². The van der Waals surface area contributed by atoms with E-state index < -0.39 is 0 Å². The molecule has 0 amide bonds. The fraction of sp³-hybridized carbons (Fsp3) is 0.444. The molecule has 7 nitrogen and oxygen atoms in total. The van der Waals surface area contributed by atoms with E-state index in [1.807, 2.05) is 30.3 Å². The zero-order chi connectivity index (χ0) is 23.9. The Bertz CT molecular complexity index is 1090. The monoisotopic (exact) mass is 463 g/mol. The van der Waals surface area contributed by atoms with E-state index in [-0.39, 0.29) is 16.5 Å². The Morgan fingerprint density at radius 3 is 2.65 bits per heavy atom. The molecule has 1 atom stereocenters. The number of hydrogen-bond acceptors (Lipinski definition) is 6. The highest BCUT2D eigenvalue weighted by atomic mass is 16.6. The Balaban J connectivity index is 1.53. The van der Waals surface area contributed by atoms with Crippen molar-refractivity contribution in [2.24, 2.45) is 0 Å². The smallest absolute Gasteiger partial charge is 0.272 e. The van der Waals surface area contributed by atoms with E-state index in [1.54, 1.807) is 25.3 Å². The SMILES string of the molecule is Cc1ccc(-c2cc(COCCN3CCCCC3)nc(CC(C)c3ccco3)c2)cc1[N+](=O)[O-]. The van der Waals surface area contributed by atoms with Crippen LogP contribution >= 0.6 is 0 Å². The third-order valence-electron chi connectivity index (χ3n) is 6.47. The number of rotatable bonds is 10. The standard InChI is InChI=1S/C27H33N3O4/c1-20-8-9-22(18-26(20)30(31)32)23-16-24(15-21(2)27-7-6-13-34-27)28-25(17-23)19-33-14-12-29-10-4-3-5-11-29/h6-9,13,16-18,21H,3-5,10-12,14-15,19H2,1-2H3. The Morgan fingerprint density at radius 1 is 1.12 bits per heavy atom. The third-order valence-corrected chi connectivity index (χ3v) is 6.47. The topological polar surface area (TPSA) is 81.6 Å². The van der Waals surface area contributed by atoms with Gasteiger partial charge in [0.2, 0.25) is 0 Å². The Morgan fingerprint density at radius 2 is 1.91 bits per heavy atom. The largest absolute Gasteiger partial charge is 0.469 e. The zero-order valence-corrected chi connectivity index (χ0v) is 20.0. The molecule has 1 aromatic carbocycles. The number of hydrogen-bond donors (Lipinski definition) is 0. The number of aromatic nitrogens is 1. The van der Waals surface area contributed by atoms with Crippen LogP contribution in [0, 0.1) is 17.0 Å². The summed E-state index contributed by atoms with van der Waals surface area (Å²) in [5.41, 5.74) is 4.24. The van der Waals surface area contributed by atoms with Gasteiger partial charge >= 0.3 is 0 Å². The van der Waals surface area contributed by atoms with Crippen LogP contribution in [0.1, 0.15) is 54.8 Å². The summed E-state index contributed by atoms with van der Waals surface area (Å²) in [6, 6.07) is 13.2. The molecule has 1 unspecified atom stereocenters. The lowest BCUT2D eigenvalue weighted by molar-refractivity contribution is -0.385. The summed E-state index contributed by atoms with van der Waals surface area (Å²) in [5.74, 6) is 1.08. The Hall–Kier alpha value is -3.03. The van der Waals surface area contributed by atoms with Gasteiger partial charge in [0.15, 0.2) is 0 Å². The number of piperidine rings is 1. The summed E-state index contributed by atoms with van der Waals surface area (Å²) in [4.78, 5) is 18.5. The molecule has 0 radical (unpaired) electrons. The minimum absolute atomic E-state index is 0.124. The predicted molar refractivity (Wildman–Crippen MR) is 132 cm³/mol. The summed E-state index contributed by atoms with van der Waals surface area (Å²) in [6.07, 6.45) is 6.25. The zero-order valence-electron chi connectivity index (χ0n) is 20.0. The van der Waals surface area contributed by atoms with Crippen molar-refractivity contribution in [3.63, 3.8) is 0 Å². The van der Waals surface area contributed by atoms with Gasteiger partial charge in [-0.05, 0) is 74.7 Å². The van der Waals surface area contributed by atoms with Crippen molar-refractivity contribution in [1.29, 1.82) is 0 Å². The average Bonchev–Trinajstić information content (AvgIpc) is 3.38. The van der Waals surface area contributed by atoms with Crippen LogP contribution in [0.2, 0.25) is 0 Å². The van der Waals surface area contributed by atoms with Gasteiger partial charge in [-0.15, -0.1) is 0 Å². The van der Waals surface area contributed by atoms with E-state index >= 15 is 0 Å². The second kappa shape index (κ2) is 11.4. The predicted octanol–water partition coefficient (Wildman–Crippen LogP) is 5.91. The highest BCUT2D eigenvalue weighted by Crippen LogP contribution is 2.29. The van der Waals surface area contributed by atoms with Crippen molar-refractivity contribution in [2.45, 2.75) is 52.1 Å². The maximum atomic E-state index is 11.5. The molecule has 0 spiro atoms. The number of nitro benzene ring substituents is 1. The lowest BCUT2D eigenvalue weighted by Crippen LogP contribution is -2.32. The number of pyridine rings is 1. The molecule has 7 heteroatoms. The summed E-state index contributed by atoms with van der Waals surface area (Å²) < 4.78 is 11.6. The van der Waals surface area contributed by atoms with Gasteiger partial charge in [0.05, 0.1) is 30.1 Å². The van der Waals surface area contributed by atoms with Crippen molar-refractivity contribution in [3.05, 3.63) is 81.6 Å². The quantitative estimate of drug-likeness (QED) is 0.211. The maximum Gasteiger partial charge on any atom is 0.272 e. The van der Waals surface area contributed by atoms with Crippen LogP contribution in [0.15, 0.2) is 53.1 Å². The number of aryl methyl sites for hydroxylation is 1. The van der Waals surface area contributed by atoms with Crippen molar-refractivity contribution >= 4 is 5.69 Å². The minimum atomic E-state index is -0.329. The van der Waals surface area contributed by atoms with E-state index in [0.717, 1.165) is 47.9 Å². The van der Waals surface area contributed by atoms with Crippen LogP contribution in [0.4, 0.5) is 5.69 Å². The van der Waals surface area contributed by atoms with Crippen molar-refractivity contribution in [1.82, 2.24) is 9.88 Å². The third kappa shape index (κ3) is 6.30. The molecule has 0 N–H and O–H groups in total. The molecule has 0 aliphatic carbocycles. The number of ether oxygens (including phenoxy) is 1. The molecule has 3 heterocycles.